The van der Waals surface area contributed by atoms with E-state index in [4.69, 9.17) is 11.5 Å². The minimum atomic E-state index is -0.533. The second kappa shape index (κ2) is 6.00. The van der Waals surface area contributed by atoms with Crippen molar-refractivity contribution in [1.29, 1.82) is 0 Å². The molecular weight excluding hydrogens is 262 g/mol. The van der Waals surface area contributed by atoms with E-state index in [9.17, 15) is 9.59 Å². The molecule has 0 aliphatic rings. The fourth-order valence-corrected chi connectivity index (χ4v) is 1.79. The van der Waals surface area contributed by atoms with Gasteiger partial charge in [-0.1, -0.05) is 0 Å². The SMILES string of the molecule is CC(C)(N)CNC(=O)c1cc(C(N)=O)cs1.Cl. The van der Waals surface area contributed by atoms with E-state index >= 15 is 0 Å². The molecule has 7 heteroatoms. The summed E-state index contributed by atoms with van der Waals surface area (Å²) in [6.45, 7) is 4.00. The van der Waals surface area contributed by atoms with Crippen molar-refractivity contribution in [2.75, 3.05) is 6.54 Å². The first kappa shape index (κ1) is 15.9. The van der Waals surface area contributed by atoms with Crippen LogP contribution in [0.5, 0.6) is 0 Å². The highest BCUT2D eigenvalue weighted by Gasteiger charge is 2.15. The van der Waals surface area contributed by atoms with Crippen LogP contribution in [0.1, 0.15) is 33.9 Å². The van der Waals surface area contributed by atoms with Crippen LogP contribution in [0.4, 0.5) is 0 Å². The molecule has 0 aliphatic carbocycles. The number of thiophene rings is 1. The summed E-state index contributed by atoms with van der Waals surface area (Å²) in [7, 11) is 0. The lowest BCUT2D eigenvalue weighted by Gasteiger charge is -2.18. The second-order valence-electron chi connectivity index (χ2n) is 4.24. The van der Waals surface area contributed by atoms with Gasteiger partial charge in [0.25, 0.3) is 5.91 Å². The molecule has 96 valence electrons. The summed E-state index contributed by atoms with van der Waals surface area (Å²) < 4.78 is 0. The third-order valence-corrected chi connectivity index (χ3v) is 2.74. The van der Waals surface area contributed by atoms with Gasteiger partial charge in [0.2, 0.25) is 5.91 Å². The molecule has 5 nitrogen and oxygen atoms in total. The molecule has 1 aromatic heterocycles. The number of hydrogen-bond donors (Lipinski definition) is 3. The van der Waals surface area contributed by atoms with Gasteiger partial charge in [-0.05, 0) is 19.9 Å². The maximum Gasteiger partial charge on any atom is 0.261 e. The van der Waals surface area contributed by atoms with Crippen molar-refractivity contribution in [3.05, 3.63) is 21.9 Å². The van der Waals surface area contributed by atoms with Crippen molar-refractivity contribution >= 4 is 35.6 Å². The Balaban J connectivity index is 0.00000256. The highest BCUT2D eigenvalue weighted by molar-refractivity contribution is 7.12. The number of carbonyl (C=O) groups excluding carboxylic acids is 2. The molecular formula is C10H16ClN3O2S. The van der Waals surface area contributed by atoms with Gasteiger partial charge in [0, 0.05) is 17.5 Å². The fourth-order valence-electron chi connectivity index (χ4n) is 0.980. The summed E-state index contributed by atoms with van der Waals surface area (Å²) in [5, 5.41) is 4.25. The molecule has 17 heavy (non-hydrogen) atoms. The molecule has 1 aromatic rings. The average Bonchev–Trinajstić information content (AvgIpc) is 2.61. The number of amides is 2. The van der Waals surface area contributed by atoms with Crippen LogP contribution in [-0.2, 0) is 0 Å². The highest BCUT2D eigenvalue weighted by Crippen LogP contribution is 2.14. The Morgan fingerprint density at radius 2 is 2.06 bits per heavy atom. The molecule has 0 radical (unpaired) electrons. The molecule has 0 fully saturated rings. The number of hydrogen-bond acceptors (Lipinski definition) is 4. The molecule has 0 saturated heterocycles. The largest absolute Gasteiger partial charge is 0.366 e. The maximum absolute atomic E-state index is 11.6. The number of primary amides is 1. The summed E-state index contributed by atoms with van der Waals surface area (Å²) in [5.41, 5.74) is 10.7. The van der Waals surface area contributed by atoms with E-state index in [0.717, 1.165) is 0 Å². The van der Waals surface area contributed by atoms with Crippen molar-refractivity contribution in [2.45, 2.75) is 19.4 Å². The summed E-state index contributed by atoms with van der Waals surface area (Å²) >= 11 is 1.18. The molecule has 0 bridgehead atoms. The van der Waals surface area contributed by atoms with Gasteiger partial charge in [-0.3, -0.25) is 9.59 Å². The van der Waals surface area contributed by atoms with Gasteiger partial charge in [-0.25, -0.2) is 0 Å². The van der Waals surface area contributed by atoms with Gasteiger partial charge < -0.3 is 16.8 Å². The molecule has 2 amide bonds. The first-order chi connectivity index (χ1) is 7.29. The standard InChI is InChI=1S/C10H15N3O2S.ClH/c1-10(2,12)5-13-9(15)7-3-6(4-16-7)8(11)14;/h3-4H,5,12H2,1-2H3,(H2,11,14)(H,13,15);1H. The summed E-state index contributed by atoms with van der Waals surface area (Å²) in [5.74, 6) is -0.773. The summed E-state index contributed by atoms with van der Waals surface area (Å²) in [4.78, 5) is 22.9. The Labute approximate surface area is 110 Å². The fraction of sp³-hybridized carbons (Fsp3) is 0.400. The Morgan fingerprint density at radius 3 is 2.47 bits per heavy atom. The number of halogens is 1. The molecule has 0 saturated carbocycles. The van der Waals surface area contributed by atoms with Crippen molar-refractivity contribution in [3.63, 3.8) is 0 Å². The molecule has 0 atom stereocenters. The molecule has 0 aromatic carbocycles. The van der Waals surface area contributed by atoms with Gasteiger partial charge in [0.1, 0.15) is 0 Å². The number of nitrogens with two attached hydrogens (primary N) is 2. The van der Waals surface area contributed by atoms with Crippen LogP contribution in [0.2, 0.25) is 0 Å². The number of nitrogens with one attached hydrogen (secondary N) is 1. The van der Waals surface area contributed by atoms with E-state index in [0.29, 0.717) is 17.0 Å². The van der Waals surface area contributed by atoms with Crippen molar-refractivity contribution in [3.8, 4) is 0 Å². The van der Waals surface area contributed by atoms with Crippen LogP contribution in [0.15, 0.2) is 11.4 Å². The zero-order chi connectivity index (χ0) is 12.3. The molecule has 0 aliphatic heterocycles. The maximum atomic E-state index is 11.6. The van der Waals surface area contributed by atoms with Crippen LogP contribution in [0.25, 0.3) is 0 Å². The van der Waals surface area contributed by atoms with Crippen molar-refractivity contribution in [1.82, 2.24) is 5.32 Å². The normalized spacial score (nSPS) is 10.5. The Hall–Kier alpha value is -1.11. The number of rotatable bonds is 4. The average molecular weight is 278 g/mol. The van der Waals surface area contributed by atoms with Gasteiger partial charge in [0.15, 0.2) is 0 Å². The lowest BCUT2D eigenvalue weighted by molar-refractivity contribution is 0.0950. The third kappa shape index (κ3) is 5.16. The first-order valence-electron chi connectivity index (χ1n) is 4.75. The van der Waals surface area contributed by atoms with Gasteiger partial charge >= 0.3 is 0 Å². The smallest absolute Gasteiger partial charge is 0.261 e. The van der Waals surface area contributed by atoms with Crippen LogP contribution >= 0.6 is 23.7 Å². The van der Waals surface area contributed by atoms with E-state index < -0.39 is 11.4 Å². The molecule has 0 unspecified atom stereocenters. The van der Waals surface area contributed by atoms with E-state index in [1.165, 1.54) is 17.4 Å². The molecule has 0 spiro atoms. The molecule has 1 heterocycles. The van der Waals surface area contributed by atoms with Crippen LogP contribution in [0, 0.1) is 0 Å². The zero-order valence-corrected chi connectivity index (χ0v) is 11.3. The Morgan fingerprint density at radius 1 is 1.47 bits per heavy atom. The van der Waals surface area contributed by atoms with Gasteiger partial charge in [0.05, 0.1) is 10.4 Å². The molecule has 5 N–H and O–H groups in total. The zero-order valence-electron chi connectivity index (χ0n) is 9.65. The number of carbonyl (C=O) groups is 2. The summed E-state index contributed by atoms with van der Waals surface area (Å²) in [6.07, 6.45) is 0. The van der Waals surface area contributed by atoms with E-state index in [1.54, 1.807) is 5.38 Å². The summed E-state index contributed by atoms with van der Waals surface area (Å²) in [6, 6.07) is 1.48. The van der Waals surface area contributed by atoms with Gasteiger partial charge in [-0.2, -0.15) is 0 Å². The van der Waals surface area contributed by atoms with Crippen LogP contribution in [0.3, 0.4) is 0 Å². The van der Waals surface area contributed by atoms with E-state index in [2.05, 4.69) is 5.32 Å². The predicted octanol–water partition coefficient (Wildman–Crippen LogP) is 0.736. The lowest BCUT2D eigenvalue weighted by atomic mass is 10.1. The highest BCUT2D eigenvalue weighted by atomic mass is 35.5. The quantitative estimate of drug-likeness (QED) is 0.757. The van der Waals surface area contributed by atoms with Crippen LogP contribution < -0.4 is 16.8 Å². The third-order valence-electron chi connectivity index (χ3n) is 1.81. The second-order valence-corrected chi connectivity index (χ2v) is 5.15. The van der Waals surface area contributed by atoms with Crippen molar-refractivity contribution < 1.29 is 9.59 Å². The van der Waals surface area contributed by atoms with Gasteiger partial charge in [-0.15, -0.1) is 23.7 Å². The van der Waals surface area contributed by atoms with E-state index in [-0.39, 0.29) is 18.3 Å². The Kier molecular flexibility index (Phi) is 5.60. The van der Waals surface area contributed by atoms with E-state index in [1.807, 2.05) is 13.8 Å². The minimum Gasteiger partial charge on any atom is -0.366 e. The topological polar surface area (TPSA) is 98.2 Å². The van der Waals surface area contributed by atoms with Crippen molar-refractivity contribution in [2.24, 2.45) is 11.5 Å². The monoisotopic (exact) mass is 277 g/mol. The first-order valence-corrected chi connectivity index (χ1v) is 5.63. The minimum absolute atomic E-state index is 0. The lowest BCUT2D eigenvalue weighted by Crippen LogP contribution is -2.44. The predicted molar refractivity (Wildman–Crippen MR) is 70.7 cm³/mol. The van der Waals surface area contributed by atoms with Crippen LogP contribution in [-0.4, -0.2) is 23.9 Å². The molecule has 1 rings (SSSR count). The Bertz CT molecular complexity index is 412.